The highest BCUT2D eigenvalue weighted by atomic mass is 16.7. The Labute approximate surface area is 117 Å². The summed E-state index contributed by atoms with van der Waals surface area (Å²) in [6.45, 7) is 11.5. The smallest absolute Gasteiger partial charge is 0.435 e. The topological polar surface area (TPSA) is 38.8 Å². The second kappa shape index (κ2) is 8.97. The summed E-state index contributed by atoms with van der Waals surface area (Å²) in [5.41, 5.74) is -0.526. The lowest BCUT2D eigenvalue weighted by atomic mass is 10.1. The molecule has 0 heterocycles. The molecule has 0 N–H and O–H groups in total. The number of rotatable bonds is 8. The van der Waals surface area contributed by atoms with Gasteiger partial charge in [0, 0.05) is 0 Å². The Morgan fingerprint density at radius 2 is 1.95 bits per heavy atom. The molecule has 0 fully saturated rings. The van der Waals surface area contributed by atoms with Crippen molar-refractivity contribution in [3.8, 4) is 0 Å². The molecule has 0 aromatic carbocycles. The van der Waals surface area contributed by atoms with Crippen molar-refractivity contribution < 1.29 is 14.4 Å². The van der Waals surface area contributed by atoms with E-state index in [-0.39, 0.29) is 6.04 Å². The molecule has 1 atom stereocenters. The van der Waals surface area contributed by atoms with E-state index in [2.05, 4.69) is 13.5 Å². The molecule has 0 aliphatic rings. The first-order valence-corrected chi connectivity index (χ1v) is 7.04. The van der Waals surface area contributed by atoms with E-state index in [1.54, 1.807) is 6.08 Å². The Morgan fingerprint density at radius 1 is 1.32 bits per heavy atom. The van der Waals surface area contributed by atoms with Crippen molar-refractivity contribution in [3.63, 3.8) is 0 Å². The van der Waals surface area contributed by atoms with Crippen LogP contribution in [0.15, 0.2) is 12.7 Å². The molecule has 0 saturated heterocycles. The maximum absolute atomic E-state index is 12.0. The highest BCUT2D eigenvalue weighted by Gasteiger charge is 2.26. The van der Waals surface area contributed by atoms with Gasteiger partial charge in [0.25, 0.3) is 0 Å². The summed E-state index contributed by atoms with van der Waals surface area (Å²) in [6.07, 6.45) is 6.73. The van der Waals surface area contributed by atoms with Crippen molar-refractivity contribution in [2.45, 2.75) is 71.4 Å². The van der Waals surface area contributed by atoms with E-state index in [1.165, 1.54) is 25.0 Å². The zero-order valence-corrected chi connectivity index (χ0v) is 13.1. The maximum atomic E-state index is 12.0. The summed E-state index contributed by atoms with van der Waals surface area (Å²) in [7, 11) is 1.48. The van der Waals surface area contributed by atoms with Gasteiger partial charge in [0.2, 0.25) is 0 Å². The van der Waals surface area contributed by atoms with Gasteiger partial charge in [-0.2, -0.15) is 5.06 Å². The number of carbonyl (C=O) groups is 1. The molecule has 4 nitrogen and oxygen atoms in total. The Morgan fingerprint density at radius 3 is 2.37 bits per heavy atom. The summed E-state index contributed by atoms with van der Waals surface area (Å²) >= 11 is 0. The predicted octanol–water partition coefficient (Wildman–Crippen LogP) is 4.31. The molecule has 0 radical (unpaired) electrons. The van der Waals surface area contributed by atoms with Crippen molar-refractivity contribution in [1.29, 1.82) is 0 Å². The highest BCUT2D eigenvalue weighted by Crippen LogP contribution is 2.16. The van der Waals surface area contributed by atoms with Crippen molar-refractivity contribution in [2.75, 3.05) is 7.11 Å². The zero-order valence-electron chi connectivity index (χ0n) is 13.1. The fourth-order valence-electron chi connectivity index (χ4n) is 1.76. The minimum Gasteiger partial charge on any atom is -0.442 e. The molecule has 0 aromatic heterocycles. The van der Waals surface area contributed by atoms with Crippen LogP contribution in [-0.2, 0) is 9.57 Å². The number of hydrogen-bond acceptors (Lipinski definition) is 3. The normalized spacial score (nSPS) is 12.9. The maximum Gasteiger partial charge on any atom is 0.435 e. The lowest BCUT2D eigenvalue weighted by Gasteiger charge is -2.29. The first kappa shape index (κ1) is 18.0. The predicted molar refractivity (Wildman–Crippen MR) is 77.8 cm³/mol. The molecule has 0 rings (SSSR count). The van der Waals surface area contributed by atoms with Crippen LogP contribution in [0.5, 0.6) is 0 Å². The molecular weight excluding hydrogens is 242 g/mol. The molecule has 0 saturated carbocycles. The molecule has 4 heteroatoms. The zero-order chi connectivity index (χ0) is 14.9. The minimum atomic E-state index is -0.526. The third-order valence-corrected chi connectivity index (χ3v) is 2.70. The van der Waals surface area contributed by atoms with Crippen LogP contribution in [0, 0.1) is 0 Å². The van der Waals surface area contributed by atoms with Gasteiger partial charge >= 0.3 is 6.09 Å². The van der Waals surface area contributed by atoms with Gasteiger partial charge in [0.15, 0.2) is 0 Å². The van der Waals surface area contributed by atoms with Crippen LogP contribution in [0.1, 0.15) is 59.8 Å². The quantitative estimate of drug-likeness (QED) is 0.375. The van der Waals surface area contributed by atoms with Gasteiger partial charge < -0.3 is 4.74 Å². The number of amides is 1. The Balaban J connectivity index is 4.43. The molecule has 0 aliphatic heterocycles. The van der Waals surface area contributed by atoms with Gasteiger partial charge in [-0.3, -0.25) is 4.84 Å². The second-order valence-corrected chi connectivity index (χ2v) is 5.64. The van der Waals surface area contributed by atoms with E-state index in [0.29, 0.717) is 0 Å². The summed E-state index contributed by atoms with van der Waals surface area (Å²) in [6, 6.07) is -0.142. The van der Waals surface area contributed by atoms with Crippen LogP contribution in [0.4, 0.5) is 4.79 Å². The standard InChI is InChI=1S/C15H29NO3/c1-7-9-10-11-12-13(8-2)16(18-6)14(17)19-15(3,4)5/h8,13H,2,7,9-12H2,1,3-6H3/t13-/m0/s1. The third kappa shape index (κ3) is 7.88. The largest absolute Gasteiger partial charge is 0.442 e. The van der Waals surface area contributed by atoms with E-state index >= 15 is 0 Å². The molecule has 19 heavy (non-hydrogen) atoms. The number of carbonyl (C=O) groups excluding carboxylic acids is 1. The molecule has 1 amide bonds. The molecule has 0 unspecified atom stereocenters. The fraction of sp³-hybridized carbons (Fsp3) is 0.800. The summed E-state index contributed by atoms with van der Waals surface area (Å²) in [4.78, 5) is 17.2. The average molecular weight is 271 g/mol. The van der Waals surface area contributed by atoms with Crippen molar-refractivity contribution >= 4 is 6.09 Å². The van der Waals surface area contributed by atoms with Crippen LogP contribution in [0.25, 0.3) is 0 Å². The van der Waals surface area contributed by atoms with Gasteiger partial charge in [-0.1, -0.05) is 38.7 Å². The monoisotopic (exact) mass is 271 g/mol. The van der Waals surface area contributed by atoms with E-state index in [1.807, 2.05) is 20.8 Å². The third-order valence-electron chi connectivity index (χ3n) is 2.70. The van der Waals surface area contributed by atoms with Crippen molar-refractivity contribution in [1.82, 2.24) is 5.06 Å². The second-order valence-electron chi connectivity index (χ2n) is 5.64. The fourth-order valence-corrected chi connectivity index (χ4v) is 1.76. The van der Waals surface area contributed by atoms with Crippen molar-refractivity contribution in [2.24, 2.45) is 0 Å². The number of hydrogen-bond donors (Lipinski definition) is 0. The lowest BCUT2D eigenvalue weighted by molar-refractivity contribution is -0.140. The van der Waals surface area contributed by atoms with Crippen LogP contribution in [0.3, 0.4) is 0 Å². The Hall–Kier alpha value is -1.03. The van der Waals surface area contributed by atoms with Crippen LogP contribution in [0.2, 0.25) is 0 Å². The van der Waals surface area contributed by atoms with Gasteiger partial charge in [0.1, 0.15) is 5.60 Å². The lowest BCUT2D eigenvalue weighted by Crippen LogP contribution is -2.41. The summed E-state index contributed by atoms with van der Waals surface area (Å²) < 4.78 is 5.32. The molecule has 0 spiro atoms. The first-order chi connectivity index (χ1) is 8.85. The van der Waals surface area contributed by atoms with Gasteiger partial charge in [-0.25, -0.2) is 4.79 Å². The van der Waals surface area contributed by atoms with E-state index in [0.717, 1.165) is 19.3 Å². The summed E-state index contributed by atoms with van der Waals surface area (Å²) in [5, 5.41) is 1.27. The highest BCUT2D eigenvalue weighted by molar-refractivity contribution is 5.67. The summed E-state index contributed by atoms with van der Waals surface area (Å²) in [5.74, 6) is 0. The Kier molecular flexibility index (Phi) is 8.48. The molecule has 0 aliphatic carbocycles. The molecule has 0 bridgehead atoms. The van der Waals surface area contributed by atoms with Gasteiger partial charge in [0.05, 0.1) is 13.2 Å². The van der Waals surface area contributed by atoms with E-state index < -0.39 is 11.7 Å². The van der Waals surface area contributed by atoms with Gasteiger partial charge in [-0.15, -0.1) is 6.58 Å². The minimum absolute atomic E-state index is 0.142. The molecular formula is C15H29NO3. The number of hydroxylamine groups is 2. The molecule has 112 valence electrons. The van der Waals surface area contributed by atoms with Gasteiger partial charge in [-0.05, 0) is 27.2 Å². The number of ether oxygens (including phenoxy) is 1. The van der Waals surface area contributed by atoms with Crippen LogP contribution < -0.4 is 0 Å². The van der Waals surface area contributed by atoms with E-state index in [4.69, 9.17) is 9.57 Å². The van der Waals surface area contributed by atoms with E-state index in [9.17, 15) is 4.79 Å². The Bertz CT molecular complexity index is 271. The number of nitrogens with zero attached hydrogens (tertiary/aromatic N) is 1. The molecule has 0 aromatic rings. The SMILES string of the molecule is C=C[C@@H](CCCCCC)N(OC)C(=O)OC(C)(C)C. The number of unbranched alkanes of at least 4 members (excludes halogenated alkanes) is 3. The average Bonchev–Trinajstić information content (AvgIpc) is 2.30. The van der Waals surface area contributed by atoms with Crippen LogP contribution in [-0.4, -0.2) is 29.9 Å². The first-order valence-electron chi connectivity index (χ1n) is 7.04. The van der Waals surface area contributed by atoms with Crippen molar-refractivity contribution in [3.05, 3.63) is 12.7 Å². The van der Waals surface area contributed by atoms with Crippen LogP contribution >= 0.6 is 0 Å².